The van der Waals surface area contributed by atoms with Gasteiger partial charge in [0.1, 0.15) is 0 Å². The lowest BCUT2D eigenvalue weighted by Crippen LogP contribution is -2.10. The van der Waals surface area contributed by atoms with Crippen molar-refractivity contribution in [1.29, 1.82) is 0 Å². The predicted octanol–water partition coefficient (Wildman–Crippen LogP) is 2.07. The number of aromatic nitrogens is 2. The highest BCUT2D eigenvalue weighted by atomic mass is 16.5. The average molecular weight is 255 g/mol. The van der Waals surface area contributed by atoms with Crippen LogP contribution in [0.25, 0.3) is 0 Å². The first-order chi connectivity index (χ1) is 8.77. The van der Waals surface area contributed by atoms with Crippen molar-refractivity contribution in [2.75, 3.05) is 39.3 Å². The fraction of sp³-hybridized carbons (Fsp3) is 0.769. The van der Waals surface area contributed by atoms with E-state index in [1.54, 1.807) is 14.2 Å². The lowest BCUT2D eigenvalue weighted by atomic mass is 10.3. The first kappa shape index (κ1) is 15.0. The standard InChI is InChI=1S/C13H25N3O2/c1-12-11-16(8-4-5-9-17-2)13(15-12)14-7-6-10-18-3/h11H,4-10H2,1-3H3,(H,14,15). The van der Waals surface area contributed by atoms with E-state index in [-0.39, 0.29) is 0 Å². The highest BCUT2D eigenvalue weighted by Crippen LogP contribution is 2.10. The van der Waals surface area contributed by atoms with Gasteiger partial charge in [-0.05, 0) is 26.2 Å². The second kappa shape index (κ2) is 8.94. The normalized spacial score (nSPS) is 10.8. The van der Waals surface area contributed by atoms with E-state index >= 15 is 0 Å². The highest BCUT2D eigenvalue weighted by molar-refractivity contribution is 5.28. The Balaban J connectivity index is 2.36. The molecule has 1 heterocycles. The third kappa shape index (κ3) is 5.51. The van der Waals surface area contributed by atoms with Crippen LogP contribution >= 0.6 is 0 Å². The maximum absolute atomic E-state index is 5.05. The minimum Gasteiger partial charge on any atom is -0.385 e. The molecule has 0 atom stereocenters. The Bertz CT molecular complexity index is 297. The summed E-state index contributed by atoms with van der Waals surface area (Å²) in [6, 6.07) is 0. The van der Waals surface area contributed by atoms with Crippen LogP contribution in [0.15, 0.2) is 6.20 Å². The van der Waals surface area contributed by atoms with E-state index in [1.807, 2.05) is 6.92 Å². The van der Waals surface area contributed by atoms with E-state index in [1.165, 1.54) is 0 Å². The third-order valence-electron chi connectivity index (χ3n) is 2.70. The first-order valence-electron chi connectivity index (χ1n) is 6.53. The number of rotatable bonds is 10. The molecule has 0 aliphatic heterocycles. The number of ether oxygens (including phenoxy) is 2. The number of nitrogens with one attached hydrogen (secondary N) is 1. The summed E-state index contributed by atoms with van der Waals surface area (Å²) in [5.74, 6) is 0.959. The molecule has 5 heteroatoms. The minimum absolute atomic E-state index is 0.778. The number of methoxy groups -OCH3 is 2. The van der Waals surface area contributed by atoms with Crippen molar-refractivity contribution >= 4 is 5.95 Å². The number of hydrogen-bond donors (Lipinski definition) is 1. The SMILES string of the molecule is COCCCCn1cc(C)nc1NCCCOC. The summed E-state index contributed by atoms with van der Waals surface area (Å²) in [6.45, 7) is 5.50. The van der Waals surface area contributed by atoms with Crippen molar-refractivity contribution in [3.63, 3.8) is 0 Å². The molecule has 0 aliphatic rings. The molecule has 0 aliphatic carbocycles. The summed E-state index contributed by atoms with van der Waals surface area (Å²) in [5, 5.41) is 3.35. The van der Waals surface area contributed by atoms with Gasteiger partial charge in [-0.25, -0.2) is 4.98 Å². The lowest BCUT2D eigenvalue weighted by Gasteiger charge is -2.09. The summed E-state index contributed by atoms with van der Waals surface area (Å²) in [4.78, 5) is 4.49. The van der Waals surface area contributed by atoms with Crippen LogP contribution in [0.1, 0.15) is 25.0 Å². The molecule has 0 saturated carbocycles. The molecule has 1 rings (SSSR count). The molecule has 0 aromatic carbocycles. The van der Waals surface area contributed by atoms with Crippen LogP contribution in [0.2, 0.25) is 0 Å². The quantitative estimate of drug-likeness (QED) is 0.650. The van der Waals surface area contributed by atoms with Gasteiger partial charge in [0.25, 0.3) is 0 Å². The van der Waals surface area contributed by atoms with Crippen LogP contribution in [0.4, 0.5) is 5.95 Å². The molecule has 0 radical (unpaired) electrons. The largest absolute Gasteiger partial charge is 0.385 e. The molecule has 0 unspecified atom stereocenters. The number of imidazole rings is 1. The summed E-state index contributed by atoms with van der Waals surface area (Å²) >= 11 is 0. The van der Waals surface area contributed by atoms with Gasteiger partial charge >= 0.3 is 0 Å². The lowest BCUT2D eigenvalue weighted by molar-refractivity contribution is 0.191. The van der Waals surface area contributed by atoms with Gasteiger partial charge in [-0.3, -0.25) is 0 Å². The van der Waals surface area contributed by atoms with Gasteiger partial charge in [0, 0.05) is 46.7 Å². The smallest absolute Gasteiger partial charge is 0.203 e. The molecule has 18 heavy (non-hydrogen) atoms. The highest BCUT2D eigenvalue weighted by Gasteiger charge is 2.04. The second-order valence-electron chi connectivity index (χ2n) is 4.37. The molecule has 0 bridgehead atoms. The van der Waals surface area contributed by atoms with E-state index in [0.717, 1.165) is 57.2 Å². The molecular formula is C13H25N3O2. The molecule has 1 aromatic heterocycles. The minimum atomic E-state index is 0.778. The predicted molar refractivity (Wildman–Crippen MR) is 73.1 cm³/mol. The van der Waals surface area contributed by atoms with Gasteiger partial charge in [0.05, 0.1) is 5.69 Å². The first-order valence-corrected chi connectivity index (χ1v) is 6.53. The summed E-state index contributed by atoms with van der Waals surface area (Å²) in [5.41, 5.74) is 1.05. The Morgan fingerprint density at radius 3 is 2.61 bits per heavy atom. The Labute approximate surface area is 109 Å². The summed E-state index contributed by atoms with van der Waals surface area (Å²) < 4.78 is 12.3. The van der Waals surface area contributed by atoms with Gasteiger partial charge in [-0.1, -0.05) is 0 Å². The van der Waals surface area contributed by atoms with Crippen molar-refractivity contribution < 1.29 is 9.47 Å². The van der Waals surface area contributed by atoms with Crippen LogP contribution < -0.4 is 5.32 Å². The number of aryl methyl sites for hydroxylation is 2. The van der Waals surface area contributed by atoms with Crippen molar-refractivity contribution in [1.82, 2.24) is 9.55 Å². The van der Waals surface area contributed by atoms with Gasteiger partial charge < -0.3 is 19.4 Å². The molecular weight excluding hydrogens is 230 g/mol. The summed E-state index contributed by atoms with van der Waals surface area (Å²) in [6.07, 6.45) is 5.27. The molecule has 5 nitrogen and oxygen atoms in total. The number of unbranched alkanes of at least 4 members (excludes halogenated alkanes) is 1. The van der Waals surface area contributed by atoms with E-state index in [0.29, 0.717) is 0 Å². The maximum atomic E-state index is 5.05. The van der Waals surface area contributed by atoms with E-state index in [4.69, 9.17) is 9.47 Å². The summed E-state index contributed by atoms with van der Waals surface area (Å²) in [7, 11) is 3.46. The Hall–Kier alpha value is -1.07. The van der Waals surface area contributed by atoms with Gasteiger partial charge in [-0.2, -0.15) is 0 Å². The number of nitrogens with zero attached hydrogens (tertiary/aromatic N) is 2. The van der Waals surface area contributed by atoms with Gasteiger partial charge in [0.15, 0.2) is 0 Å². The Morgan fingerprint density at radius 2 is 1.89 bits per heavy atom. The molecule has 0 saturated heterocycles. The van der Waals surface area contributed by atoms with E-state index in [9.17, 15) is 0 Å². The van der Waals surface area contributed by atoms with Crippen LogP contribution in [0.3, 0.4) is 0 Å². The third-order valence-corrected chi connectivity index (χ3v) is 2.70. The van der Waals surface area contributed by atoms with Crippen LogP contribution in [0, 0.1) is 6.92 Å². The van der Waals surface area contributed by atoms with Crippen molar-refractivity contribution in [2.24, 2.45) is 0 Å². The topological polar surface area (TPSA) is 48.3 Å². The van der Waals surface area contributed by atoms with Crippen LogP contribution in [0.5, 0.6) is 0 Å². The maximum Gasteiger partial charge on any atom is 0.203 e. The molecule has 0 fully saturated rings. The molecule has 104 valence electrons. The Kier molecular flexibility index (Phi) is 7.44. The zero-order valence-corrected chi connectivity index (χ0v) is 11.7. The zero-order chi connectivity index (χ0) is 13.2. The molecule has 0 amide bonds. The van der Waals surface area contributed by atoms with E-state index < -0.39 is 0 Å². The number of anilines is 1. The van der Waals surface area contributed by atoms with Gasteiger partial charge in [-0.15, -0.1) is 0 Å². The monoisotopic (exact) mass is 255 g/mol. The molecule has 1 N–H and O–H groups in total. The molecule has 1 aromatic rings. The average Bonchev–Trinajstić information content (AvgIpc) is 2.71. The zero-order valence-electron chi connectivity index (χ0n) is 11.7. The molecule has 0 spiro atoms. The fourth-order valence-corrected chi connectivity index (χ4v) is 1.80. The Morgan fingerprint density at radius 1 is 1.17 bits per heavy atom. The van der Waals surface area contributed by atoms with Crippen molar-refractivity contribution in [2.45, 2.75) is 32.7 Å². The fourth-order valence-electron chi connectivity index (χ4n) is 1.80. The van der Waals surface area contributed by atoms with Gasteiger partial charge in [0.2, 0.25) is 5.95 Å². The van der Waals surface area contributed by atoms with Crippen molar-refractivity contribution in [3.8, 4) is 0 Å². The van der Waals surface area contributed by atoms with Crippen LogP contribution in [-0.4, -0.2) is 43.5 Å². The number of hydrogen-bond acceptors (Lipinski definition) is 4. The second-order valence-corrected chi connectivity index (χ2v) is 4.37. The van der Waals surface area contributed by atoms with Crippen molar-refractivity contribution in [3.05, 3.63) is 11.9 Å². The van der Waals surface area contributed by atoms with E-state index in [2.05, 4.69) is 21.1 Å². The van der Waals surface area contributed by atoms with Crippen LogP contribution in [-0.2, 0) is 16.0 Å².